The van der Waals surface area contributed by atoms with Crippen LogP contribution in [0.1, 0.15) is 69.4 Å². The fourth-order valence-corrected chi connectivity index (χ4v) is 3.50. The number of aliphatic hydroxyl groups excluding tert-OH is 1. The van der Waals surface area contributed by atoms with Crippen LogP contribution in [0.2, 0.25) is 0 Å². The summed E-state index contributed by atoms with van der Waals surface area (Å²) in [5.41, 5.74) is 2.91. The van der Waals surface area contributed by atoms with Crippen molar-refractivity contribution >= 4 is 0 Å². The minimum absolute atomic E-state index is 0.108. The predicted molar refractivity (Wildman–Crippen MR) is 98.9 cm³/mol. The fourth-order valence-electron chi connectivity index (χ4n) is 3.50. The van der Waals surface area contributed by atoms with Gasteiger partial charge in [-0.05, 0) is 49.8 Å². The number of hydrogen-bond acceptors (Lipinski definition) is 2. The Morgan fingerprint density at radius 2 is 1.61 bits per heavy atom. The molecule has 1 aromatic rings. The molecule has 0 saturated carbocycles. The topological polar surface area (TPSA) is 23.5 Å². The molecule has 0 amide bonds. The van der Waals surface area contributed by atoms with Crippen molar-refractivity contribution in [3.63, 3.8) is 0 Å². The molecule has 1 unspecified atom stereocenters. The molecule has 1 saturated heterocycles. The molecule has 1 fully saturated rings. The quantitative estimate of drug-likeness (QED) is 0.638. The van der Waals surface area contributed by atoms with Crippen molar-refractivity contribution in [1.82, 2.24) is 4.90 Å². The van der Waals surface area contributed by atoms with E-state index in [2.05, 4.69) is 36.1 Å². The van der Waals surface area contributed by atoms with E-state index in [1.54, 1.807) is 0 Å². The van der Waals surface area contributed by atoms with Gasteiger partial charge in [0.2, 0.25) is 0 Å². The molecule has 130 valence electrons. The second-order valence-corrected chi connectivity index (χ2v) is 7.18. The SMILES string of the molecule is CCCCCCCCc1ccc(CCN2CCCC(O)C2)cc1. The Labute approximate surface area is 142 Å². The molecular formula is C21H35NO. The van der Waals surface area contributed by atoms with Gasteiger partial charge in [-0.2, -0.15) is 0 Å². The highest BCUT2D eigenvalue weighted by Crippen LogP contribution is 2.13. The number of benzene rings is 1. The summed E-state index contributed by atoms with van der Waals surface area (Å²) in [6.45, 7) is 5.35. The molecule has 0 spiro atoms. The van der Waals surface area contributed by atoms with Crippen LogP contribution in [0.4, 0.5) is 0 Å². The molecule has 2 rings (SSSR count). The maximum absolute atomic E-state index is 9.72. The largest absolute Gasteiger partial charge is 0.392 e. The van der Waals surface area contributed by atoms with Crippen LogP contribution in [-0.4, -0.2) is 35.7 Å². The average molecular weight is 318 g/mol. The van der Waals surface area contributed by atoms with Gasteiger partial charge in [0.05, 0.1) is 6.10 Å². The van der Waals surface area contributed by atoms with Gasteiger partial charge in [-0.3, -0.25) is 0 Å². The molecule has 1 aliphatic rings. The highest BCUT2D eigenvalue weighted by molar-refractivity contribution is 5.22. The highest BCUT2D eigenvalue weighted by atomic mass is 16.3. The van der Waals surface area contributed by atoms with Crippen LogP contribution in [0.25, 0.3) is 0 Å². The van der Waals surface area contributed by atoms with Gasteiger partial charge in [0.15, 0.2) is 0 Å². The van der Waals surface area contributed by atoms with Gasteiger partial charge >= 0.3 is 0 Å². The molecule has 2 heteroatoms. The van der Waals surface area contributed by atoms with Crippen molar-refractivity contribution in [2.24, 2.45) is 0 Å². The maximum Gasteiger partial charge on any atom is 0.0667 e. The van der Waals surface area contributed by atoms with Gasteiger partial charge in [0, 0.05) is 13.1 Å². The molecule has 1 N–H and O–H groups in total. The molecular weight excluding hydrogens is 282 g/mol. The molecule has 0 radical (unpaired) electrons. The van der Waals surface area contributed by atoms with Crippen molar-refractivity contribution in [3.05, 3.63) is 35.4 Å². The average Bonchev–Trinajstić information content (AvgIpc) is 2.57. The maximum atomic E-state index is 9.72. The number of piperidine rings is 1. The molecule has 0 aliphatic carbocycles. The summed E-state index contributed by atoms with van der Waals surface area (Å²) in [6.07, 6.45) is 12.6. The van der Waals surface area contributed by atoms with Gasteiger partial charge in [-0.25, -0.2) is 0 Å². The number of aryl methyl sites for hydroxylation is 1. The minimum Gasteiger partial charge on any atom is -0.392 e. The summed E-state index contributed by atoms with van der Waals surface area (Å²) in [7, 11) is 0. The van der Waals surface area contributed by atoms with E-state index in [9.17, 15) is 5.11 Å². The van der Waals surface area contributed by atoms with Crippen LogP contribution in [0.15, 0.2) is 24.3 Å². The highest BCUT2D eigenvalue weighted by Gasteiger charge is 2.16. The lowest BCUT2D eigenvalue weighted by Gasteiger charge is -2.29. The summed E-state index contributed by atoms with van der Waals surface area (Å²) < 4.78 is 0. The first kappa shape index (κ1) is 18.5. The van der Waals surface area contributed by atoms with Crippen LogP contribution in [0.3, 0.4) is 0 Å². The van der Waals surface area contributed by atoms with Crippen molar-refractivity contribution in [2.45, 2.75) is 77.2 Å². The van der Waals surface area contributed by atoms with Crippen molar-refractivity contribution in [2.75, 3.05) is 19.6 Å². The third kappa shape index (κ3) is 7.50. The van der Waals surface area contributed by atoms with E-state index in [-0.39, 0.29) is 6.10 Å². The number of nitrogens with zero attached hydrogens (tertiary/aromatic N) is 1. The first-order chi connectivity index (χ1) is 11.3. The predicted octanol–water partition coefficient (Wildman–Crippen LogP) is 4.59. The Bertz CT molecular complexity index is 414. The lowest BCUT2D eigenvalue weighted by atomic mass is 10.0. The summed E-state index contributed by atoms with van der Waals surface area (Å²) in [6, 6.07) is 9.22. The third-order valence-electron chi connectivity index (χ3n) is 5.04. The molecule has 0 aromatic heterocycles. The molecule has 2 nitrogen and oxygen atoms in total. The third-order valence-corrected chi connectivity index (χ3v) is 5.04. The summed E-state index contributed by atoms with van der Waals surface area (Å²) >= 11 is 0. The first-order valence-electron chi connectivity index (χ1n) is 9.76. The second-order valence-electron chi connectivity index (χ2n) is 7.18. The number of hydrogen-bond donors (Lipinski definition) is 1. The van der Waals surface area contributed by atoms with Crippen LogP contribution >= 0.6 is 0 Å². The van der Waals surface area contributed by atoms with E-state index in [4.69, 9.17) is 0 Å². The smallest absolute Gasteiger partial charge is 0.0667 e. The van der Waals surface area contributed by atoms with Gasteiger partial charge in [-0.15, -0.1) is 0 Å². The summed E-state index contributed by atoms with van der Waals surface area (Å²) in [4.78, 5) is 2.40. The van der Waals surface area contributed by atoms with Gasteiger partial charge in [-0.1, -0.05) is 63.3 Å². The van der Waals surface area contributed by atoms with Crippen LogP contribution < -0.4 is 0 Å². The van der Waals surface area contributed by atoms with Gasteiger partial charge in [0.1, 0.15) is 0 Å². The second kappa shape index (κ2) is 10.8. The Kier molecular flexibility index (Phi) is 8.70. The molecule has 23 heavy (non-hydrogen) atoms. The summed E-state index contributed by atoms with van der Waals surface area (Å²) in [5.74, 6) is 0. The molecule has 1 aromatic carbocycles. The van der Waals surface area contributed by atoms with E-state index in [1.165, 1.54) is 56.1 Å². The number of rotatable bonds is 10. The number of β-amino-alcohol motifs (C(OH)–C–C–N with tert-alkyl or cyclic N) is 1. The number of unbranched alkanes of at least 4 members (excludes halogenated alkanes) is 5. The normalized spacial score (nSPS) is 19.1. The minimum atomic E-state index is -0.108. The Balaban J connectivity index is 1.62. The zero-order valence-corrected chi connectivity index (χ0v) is 15.0. The lowest BCUT2D eigenvalue weighted by molar-refractivity contribution is 0.0714. The molecule has 0 bridgehead atoms. The van der Waals surface area contributed by atoms with Crippen LogP contribution in [0.5, 0.6) is 0 Å². The number of aliphatic hydroxyl groups is 1. The first-order valence-corrected chi connectivity index (χ1v) is 9.76. The Hall–Kier alpha value is -0.860. The fraction of sp³-hybridized carbons (Fsp3) is 0.714. The molecule has 1 heterocycles. The van der Waals surface area contributed by atoms with E-state index >= 15 is 0 Å². The van der Waals surface area contributed by atoms with Crippen molar-refractivity contribution in [1.29, 1.82) is 0 Å². The van der Waals surface area contributed by atoms with Gasteiger partial charge in [0.25, 0.3) is 0 Å². The van der Waals surface area contributed by atoms with E-state index in [0.717, 1.165) is 38.9 Å². The molecule has 1 aliphatic heterocycles. The molecule has 1 atom stereocenters. The zero-order valence-electron chi connectivity index (χ0n) is 15.0. The van der Waals surface area contributed by atoms with Crippen molar-refractivity contribution in [3.8, 4) is 0 Å². The van der Waals surface area contributed by atoms with E-state index < -0.39 is 0 Å². The Morgan fingerprint density at radius 3 is 2.30 bits per heavy atom. The van der Waals surface area contributed by atoms with Crippen molar-refractivity contribution < 1.29 is 5.11 Å². The van der Waals surface area contributed by atoms with Crippen LogP contribution in [0, 0.1) is 0 Å². The Morgan fingerprint density at radius 1 is 0.957 bits per heavy atom. The summed E-state index contributed by atoms with van der Waals surface area (Å²) in [5, 5.41) is 9.72. The van der Waals surface area contributed by atoms with Crippen LogP contribution in [-0.2, 0) is 12.8 Å². The zero-order chi connectivity index (χ0) is 16.3. The van der Waals surface area contributed by atoms with Gasteiger partial charge < -0.3 is 10.0 Å². The number of likely N-dealkylation sites (tertiary alicyclic amines) is 1. The monoisotopic (exact) mass is 317 g/mol. The lowest BCUT2D eigenvalue weighted by Crippen LogP contribution is -2.39. The standard InChI is InChI=1S/C21H35NO/c1-2-3-4-5-6-7-9-19-11-13-20(14-12-19)15-17-22-16-8-10-21(23)18-22/h11-14,21,23H,2-10,15-18H2,1H3. The van der Waals surface area contributed by atoms with E-state index in [0.29, 0.717) is 0 Å². The van der Waals surface area contributed by atoms with E-state index in [1.807, 2.05) is 0 Å².